The zero-order valence-corrected chi connectivity index (χ0v) is 15.2. The van der Waals surface area contributed by atoms with Crippen LogP contribution in [0, 0.1) is 0 Å². The Morgan fingerprint density at radius 3 is 2.12 bits per heavy atom. The normalized spacial score (nSPS) is 29.1. The highest BCUT2D eigenvalue weighted by Gasteiger charge is 2.45. The van der Waals surface area contributed by atoms with Crippen LogP contribution in [0.4, 0.5) is 0 Å². The molecule has 5 atom stereocenters. The summed E-state index contributed by atoms with van der Waals surface area (Å²) in [5.74, 6) is -1.72. The fourth-order valence-electron chi connectivity index (χ4n) is 2.18. The van der Waals surface area contributed by atoms with Crippen molar-refractivity contribution in [2.24, 2.45) is 0 Å². The van der Waals surface area contributed by atoms with Gasteiger partial charge in [-0.3, -0.25) is 0 Å². The molecule has 1 aliphatic rings. The number of hydrogen-bond acceptors (Lipinski definition) is 9. The third-order valence-electron chi connectivity index (χ3n) is 3.66. The van der Waals surface area contributed by atoms with Crippen LogP contribution in [0.25, 0.3) is 0 Å². The van der Waals surface area contributed by atoms with E-state index in [-0.39, 0.29) is 16.8 Å². The molecule has 0 aliphatic carbocycles. The number of hydrogen-bond donors (Lipinski definition) is 4. The predicted molar refractivity (Wildman–Crippen MR) is 85.6 cm³/mol. The second-order valence-corrected chi connectivity index (χ2v) is 7.74. The van der Waals surface area contributed by atoms with Gasteiger partial charge < -0.3 is 40.8 Å². The van der Waals surface area contributed by atoms with Crippen molar-refractivity contribution in [1.82, 2.24) is 10.5 Å². The van der Waals surface area contributed by atoms with Crippen molar-refractivity contribution in [3.63, 3.8) is 0 Å². The Balaban J connectivity index is 0.00000338. The minimum absolute atomic E-state index is 0. The summed E-state index contributed by atoms with van der Waals surface area (Å²) in [4.78, 5) is 10.9. The van der Waals surface area contributed by atoms with E-state index >= 15 is 0 Å². The first kappa shape index (κ1) is 22.2. The van der Waals surface area contributed by atoms with Gasteiger partial charge in [-0.05, 0) is 24.3 Å². The molecule has 0 aromatic heterocycles. The van der Waals surface area contributed by atoms with Crippen LogP contribution < -0.4 is 16.0 Å². The van der Waals surface area contributed by atoms with E-state index in [0.717, 1.165) is 4.31 Å². The molecule has 26 heavy (non-hydrogen) atoms. The van der Waals surface area contributed by atoms with Crippen LogP contribution in [0.3, 0.4) is 0 Å². The number of carboxylic acid groups (broad SMARTS) is 1. The van der Waals surface area contributed by atoms with E-state index in [9.17, 15) is 33.6 Å². The topological polar surface area (TPSA) is 193 Å². The minimum Gasteiger partial charge on any atom is -0.547 e. The van der Waals surface area contributed by atoms with E-state index in [1.54, 1.807) is 0 Å². The molecular formula is C14H22N2O9S. The molecule has 0 saturated carbocycles. The van der Waals surface area contributed by atoms with Crippen molar-refractivity contribution < 1.29 is 43.1 Å². The van der Waals surface area contributed by atoms with Crippen LogP contribution in [0.2, 0.25) is 0 Å². The molecule has 0 bridgehead atoms. The third-order valence-corrected chi connectivity index (χ3v) is 5.49. The van der Waals surface area contributed by atoms with Gasteiger partial charge in [0, 0.05) is 14.1 Å². The molecule has 7 N–H and O–H groups in total. The van der Waals surface area contributed by atoms with Crippen LogP contribution in [0.15, 0.2) is 29.2 Å². The molecule has 1 heterocycles. The number of aliphatic hydroxyl groups excluding tert-OH is 3. The summed E-state index contributed by atoms with van der Waals surface area (Å²) >= 11 is 0. The summed E-state index contributed by atoms with van der Waals surface area (Å²) in [7, 11) is -0.888. The smallest absolute Gasteiger partial charge is 0.242 e. The summed E-state index contributed by atoms with van der Waals surface area (Å²) in [5, 5.41) is 40.0. The van der Waals surface area contributed by atoms with E-state index in [1.165, 1.54) is 38.4 Å². The van der Waals surface area contributed by atoms with E-state index < -0.39 is 46.7 Å². The number of aliphatic carboxylic acids is 1. The molecule has 0 radical (unpaired) electrons. The monoisotopic (exact) mass is 394 g/mol. The second-order valence-electron chi connectivity index (χ2n) is 5.59. The number of aliphatic hydroxyl groups is 3. The molecule has 1 aromatic rings. The van der Waals surface area contributed by atoms with E-state index in [1.807, 2.05) is 0 Å². The number of benzene rings is 1. The van der Waals surface area contributed by atoms with E-state index in [4.69, 9.17) is 9.47 Å². The Labute approximate surface area is 150 Å². The molecule has 11 nitrogen and oxygen atoms in total. The molecule has 1 aromatic carbocycles. The number of carbonyl (C=O) groups excluding carboxylic acids is 1. The third kappa shape index (κ3) is 4.29. The maximum atomic E-state index is 12.0. The zero-order chi connectivity index (χ0) is 18.9. The average Bonchev–Trinajstić information content (AvgIpc) is 2.55. The van der Waals surface area contributed by atoms with Gasteiger partial charge in [-0.2, -0.15) is 0 Å². The van der Waals surface area contributed by atoms with Gasteiger partial charge in [0.1, 0.15) is 30.2 Å². The highest BCUT2D eigenvalue weighted by atomic mass is 32.2. The molecule has 12 heteroatoms. The van der Waals surface area contributed by atoms with Crippen LogP contribution in [-0.2, 0) is 19.6 Å². The number of rotatable bonds is 5. The quantitative estimate of drug-likeness (QED) is 0.409. The molecular weight excluding hydrogens is 372 g/mol. The van der Waals surface area contributed by atoms with Gasteiger partial charge in [0.05, 0.1) is 10.9 Å². The Bertz CT molecular complexity index is 722. The fourth-order valence-corrected chi connectivity index (χ4v) is 3.08. The number of ether oxygens (including phenoxy) is 2. The van der Waals surface area contributed by atoms with E-state index in [2.05, 4.69) is 0 Å². The Morgan fingerprint density at radius 2 is 1.65 bits per heavy atom. The molecule has 0 unspecified atom stereocenters. The van der Waals surface area contributed by atoms with Crippen LogP contribution >= 0.6 is 0 Å². The van der Waals surface area contributed by atoms with Gasteiger partial charge in [-0.15, -0.1) is 0 Å². The number of carboxylic acids is 1. The summed E-state index contributed by atoms with van der Waals surface area (Å²) in [6, 6.07) is 5.05. The first-order chi connectivity index (χ1) is 11.6. The summed E-state index contributed by atoms with van der Waals surface area (Å²) in [6.07, 6.45) is -8.92. The van der Waals surface area contributed by atoms with Gasteiger partial charge >= 0.3 is 0 Å². The van der Waals surface area contributed by atoms with Crippen molar-refractivity contribution in [3.8, 4) is 5.75 Å². The molecule has 2 rings (SSSR count). The SMILES string of the molecule is CN(C)S(=O)(=O)c1ccc(O[C@@H]2O[C@H](C(=O)[O-])[C@@H](O)[C@H](O)[C@H]2O)cc1.[NH4+]. The first-order valence-corrected chi connectivity index (χ1v) is 8.59. The molecule has 1 aliphatic heterocycles. The minimum atomic E-state index is -3.64. The molecule has 1 fully saturated rings. The Kier molecular flexibility index (Phi) is 7.07. The number of sulfonamides is 1. The summed E-state index contributed by atoms with van der Waals surface area (Å²) < 4.78 is 35.1. The summed E-state index contributed by atoms with van der Waals surface area (Å²) in [5.41, 5.74) is 0. The molecule has 0 amide bonds. The average molecular weight is 394 g/mol. The number of quaternary nitrogens is 1. The maximum Gasteiger partial charge on any atom is 0.242 e. The van der Waals surface area contributed by atoms with Gasteiger partial charge in [0.25, 0.3) is 0 Å². The first-order valence-electron chi connectivity index (χ1n) is 7.15. The molecule has 0 spiro atoms. The Hall–Kier alpha value is -1.80. The van der Waals surface area contributed by atoms with Gasteiger partial charge in [-0.25, -0.2) is 12.7 Å². The van der Waals surface area contributed by atoms with Crippen molar-refractivity contribution in [1.29, 1.82) is 0 Å². The standard InChI is InChI=1S/C14H19NO9S.H3N/c1-15(2)25(21,22)8-5-3-7(4-6-8)23-14-11(18)9(16)10(17)12(24-14)13(19)20;/h3-6,9-12,14,16-18H,1-2H3,(H,19,20);1H3/t9-,10-,11+,12-,14+;/m0./s1. The lowest BCUT2D eigenvalue weighted by Crippen LogP contribution is -2.63. The van der Waals surface area contributed by atoms with Gasteiger partial charge in [-0.1, -0.05) is 0 Å². The van der Waals surface area contributed by atoms with Crippen LogP contribution in [0.1, 0.15) is 0 Å². The van der Waals surface area contributed by atoms with Crippen molar-refractivity contribution in [3.05, 3.63) is 24.3 Å². The zero-order valence-electron chi connectivity index (χ0n) is 14.3. The van der Waals surface area contributed by atoms with Gasteiger partial charge in [0.15, 0.2) is 0 Å². The number of nitrogens with zero attached hydrogens (tertiary/aromatic N) is 1. The number of carbonyl (C=O) groups is 1. The fraction of sp³-hybridized carbons (Fsp3) is 0.500. The van der Waals surface area contributed by atoms with Gasteiger partial charge in [0.2, 0.25) is 16.3 Å². The lowest BCUT2D eigenvalue weighted by Gasteiger charge is -2.40. The molecule has 1 saturated heterocycles. The van der Waals surface area contributed by atoms with Crippen LogP contribution in [0.5, 0.6) is 5.75 Å². The predicted octanol–water partition coefficient (Wildman–Crippen LogP) is -2.75. The van der Waals surface area contributed by atoms with Crippen molar-refractivity contribution in [2.75, 3.05) is 14.1 Å². The maximum absolute atomic E-state index is 12.0. The summed E-state index contributed by atoms with van der Waals surface area (Å²) in [6.45, 7) is 0. The second kappa shape index (κ2) is 8.26. The van der Waals surface area contributed by atoms with Crippen molar-refractivity contribution >= 4 is 16.0 Å². The highest BCUT2D eigenvalue weighted by molar-refractivity contribution is 7.89. The van der Waals surface area contributed by atoms with Crippen molar-refractivity contribution in [2.45, 2.75) is 35.6 Å². The van der Waals surface area contributed by atoms with E-state index in [0.29, 0.717) is 0 Å². The Morgan fingerprint density at radius 1 is 1.12 bits per heavy atom. The lowest BCUT2D eigenvalue weighted by atomic mass is 9.99. The highest BCUT2D eigenvalue weighted by Crippen LogP contribution is 2.25. The molecule has 148 valence electrons. The largest absolute Gasteiger partial charge is 0.547 e. The lowest BCUT2D eigenvalue weighted by molar-refractivity contribution is -0.342. The van der Waals surface area contributed by atoms with Crippen LogP contribution in [-0.4, -0.2) is 78.8 Å².